The van der Waals surface area contributed by atoms with Crippen LogP contribution < -0.4 is 9.62 Å². The predicted octanol–water partition coefficient (Wildman–Crippen LogP) is 3.26. The maximum Gasteiger partial charge on any atom is 0.264 e. The highest BCUT2D eigenvalue weighted by molar-refractivity contribution is 7.92. The summed E-state index contributed by atoms with van der Waals surface area (Å²) in [5.41, 5.74) is 6.07. The first-order valence-corrected chi connectivity index (χ1v) is 14.5. The van der Waals surface area contributed by atoms with Gasteiger partial charge >= 0.3 is 0 Å². The fourth-order valence-electron chi connectivity index (χ4n) is 5.71. The molecule has 3 aliphatic heterocycles. The number of hydrogen-bond acceptors (Lipinski definition) is 5. The summed E-state index contributed by atoms with van der Waals surface area (Å²) in [5.74, 6) is -0.321. The Bertz CT molecular complexity index is 1650. The van der Waals surface area contributed by atoms with Gasteiger partial charge in [0.1, 0.15) is 0 Å². The molecular weight excluding hydrogens is 514 g/mol. The van der Waals surface area contributed by atoms with Gasteiger partial charge < -0.3 is 20.1 Å². The molecule has 0 unspecified atom stereocenters. The number of amides is 2. The zero-order valence-corrected chi connectivity index (χ0v) is 23.1. The molecule has 39 heavy (non-hydrogen) atoms. The number of fused-ring (bicyclic) bond motifs is 2. The lowest BCUT2D eigenvalue weighted by atomic mass is 10.0. The van der Waals surface area contributed by atoms with Crippen LogP contribution >= 0.6 is 0 Å². The molecule has 1 aromatic heterocycles. The minimum atomic E-state index is -3.79. The Hall–Kier alpha value is -3.89. The number of likely N-dealkylation sites (N-methyl/N-ethyl adjacent to an activating group) is 1. The van der Waals surface area contributed by atoms with Crippen LogP contribution in [-0.4, -0.2) is 74.8 Å². The maximum absolute atomic E-state index is 13.5. The number of piperazine rings is 1. The summed E-state index contributed by atoms with van der Waals surface area (Å²) >= 11 is 0. The number of carbonyl (C=O) groups excluding carboxylic acids is 2. The summed E-state index contributed by atoms with van der Waals surface area (Å²) in [6, 6.07) is 12.3. The van der Waals surface area contributed by atoms with Crippen molar-refractivity contribution in [1.29, 1.82) is 0 Å². The second kappa shape index (κ2) is 9.39. The lowest BCUT2D eigenvalue weighted by Crippen LogP contribution is -2.47. The van der Waals surface area contributed by atoms with Gasteiger partial charge in [0.2, 0.25) is 0 Å². The molecule has 0 bridgehead atoms. The summed E-state index contributed by atoms with van der Waals surface area (Å²) in [7, 11) is -1.74. The number of aromatic nitrogens is 1. The number of rotatable bonds is 4. The van der Waals surface area contributed by atoms with Crippen LogP contribution in [-0.2, 0) is 21.2 Å². The number of benzene rings is 2. The second-order valence-corrected chi connectivity index (χ2v) is 12.3. The van der Waals surface area contributed by atoms with E-state index in [1.807, 2.05) is 50.1 Å². The summed E-state index contributed by atoms with van der Waals surface area (Å²) in [6.45, 7) is 7.18. The summed E-state index contributed by atoms with van der Waals surface area (Å²) in [5, 5.41) is 2.83. The van der Waals surface area contributed by atoms with E-state index in [0.717, 1.165) is 29.9 Å². The van der Waals surface area contributed by atoms with Gasteiger partial charge in [0, 0.05) is 49.7 Å². The highest BCUT2D eigenvalue weighted by atomic mass is 32.2. The van der Waals surface area contributed by atoms with Crippen LogP contribution in [0.15, 0.2) is 47.4 Å². The van der Waals surface area contributed by atoms with Crippen LogP contribution in [0.25, 0.3) is 11.6 Å². The van der Waals surface area contributed by atoms with Crippen molar-refractivity contribution in [2.75, 3.05) is 49.4 Å². The van der Waals surface area contributed by atoms with Gasteiger partial charge in [-0.2, -0.15) is 0 Å². The minimum Gasteiger partial charge on any atom is -0.358 e. The zero-order valence-electron chi connectivity index (χ0n) is 22.2. The molecule has 2 N–H and O–H groups in total. The van der Waals surface area contributed by atoms with Crippen molar-refractivity contribution in [3.05, 3.63) is 76.1 Å². The summed E-state index contributed by atoms with van der Waals surface area (Å²) in [4.78, 5) is 33.8. The van der Waals surface area contributed by atoms with Crippen molar-refractivity contribution in [2.24, 2.45) is 0 Å². The van der Waals surface area contributed by atoms with E-state index in [2.05, 4.69) is 15.2 Å². The van der Waals surface area contributed by atoms with Crippen molar-refractivity contribution in [3.63, 3.8) is 0 Å². The predicted molar refractivity (Wildman–Crippen MR) is 151 cm³/mol. The number of nitrogens with one attached hydrogen (secondary N) is 2. The number of sulfonamides is 1. The fourth-order valence-corrected chi connectivity index (χ4v) is 7.24. The normalized spacial score (nSPS) is 18.4. The van der Waals surface area contributed by atoms with E-state index < -0.39 is 10.0 Å². The van der Waals surface area contributed by atoms with Crippen molar-refractivity contribution < 1.29 is 18.0 Å². The number of anilines is 2. The molecule has 202 valence electrons. The van der Waals surface area contributed by atoms with Gasteiger partial charge in [0.25, 0.3) is 21.8 Å². The molecule has 0 atom stereocenters. The van der Waals surface area contributed by atoms with E-state index in [1.54, 1.807) is 18.2 Å². The van der Waals surface area contributed by atoms with Gasteiger partial charge in [-0.3, -0.25) is 13.9 Å². The van der Waals surface area contributed by atoms with Crippen molar-refractivity contribution in [3.8, 4) is 0 Å². The molecule has 1 fully saturated rings. The quantitative estimate of drug-likeness (QED) is 0.490. The Morgan fingerprint density at radius 3 is 2.51 bits per heavy atom. The number of H-pyrrole nitrogens is 1. The third kappa shape index (κ3) is 4.24. The first-order chi connectivity index (χ1) is 18.6. The lowest BCUT2D eigenvalue weighted by molar-refractivity contribution is -0.110. The number of carbonyl (C=O) groups is 2. The Kier molecular flexibility index (Phi) is 6.11. The van der Waals surface area contributed by atoms with E-state index in [-0.39, 0.29) is 16.7 Å². The van der Waals surface area contributed by atoms with Crippen LogP contribution in [0.1, 0.15) is 38.4 Å². The molecule has 6 rings (SSSR count). The third-order valence-electron chi connectivity index (χ3n) is 7.98. The average molecular weight is 546 g/mol. The molecule has 1 saturated heterocycles. The standard InChI is InChI=1S/C29H31N5O4S/c1-18-24(30-19(2)27(18)29(36)33-14-12-32(3)13-15-33)17-23-22-9-8-21(16-25(22)31-28(23)35)39(37,38)34-11-10-20-6-4-5-7-26(20)34/h4-9,16-17,30H,10-15H2,1-3H3,(H,31,35). The van der Waals surface area contributed by atoms with Crippen LogP contribution in [0.5, 0.6) is 0 Å². The van der Waals surface area contributed by atoms with E-state index in [9.17, 15) is 18.0 Å². The lowest BCUT2D eigenvalue weighted by Gasteiger charge is -2.32. The van der Waals surface area contributed by atoms with Crippen LogP contribution in [0.2, 0.25) is 0 Å². The van der Waals surface area contributed by atoms with Crippen LogP contribution in [0.3, 0.4) is 0 Å². The molecule has 2 aromatic carbocycles. The van der Waals surface area contributed by atoms with E-state index >= 15 is 0 Å². The SMILES string of the molecule is Cc1[nH]c(C=C2C(=O)Nc3cc(S(=O)(=O)N4CCc5ccccc54)ccc32)c(C)c1C(=O)N1CCN(C)CC1. The van der Waals surface area contributed by atoms with Crippen LogP contribution in [0, 0.1) is 13.8 Å². The van der Waals surface area contributed by atoms with Gasteiger partial charge in [-0.05, 0) is 62.7 Å². The van der Waals surface area contributed by atoms with Crippen molar-refractivity contribution in [1.82, 2.24) is 14.8 Å². The highest BCUT2D eigenvalue weighted by Crippen LogP contribution is 2.38. The van der Waals surface area contributed by atoms with E-state index in [0.29, 0.717) is 59.8 Å². The zero-order chi connectivity index (χ0) is 27.5. The van der Waals surface area contributed by atoms with Gasteiger partial charge in [-0.15, -0.1) is 0 Å². The van der Waals surface area contributed by atoms with Gasteiger partial charge in [0.05, 0.1) is 27.4 Å². The fraction of sp³-hybridized carbons (Fsp3) is 0.310. The summed E-state index contributed by atoms with van der Waals surface area (Å²) in [6.07, 6.45) is 2.41. The molecule has 0 spiro atoms. The second-order valence-electron chi connectivity index (χ2n) is 10.4. The Labute approximate surface area is 228 Å². The van der Waals surface area contributed by atoms with Gasteiger partial charge in [-0.25, -0.2) is 8.42 Å². The molecule has 0 radical (unpaired) electrons. The van der Waals surface area contributed by atoms with Gasteiger partial charge in [-0.1, -0.05) is 24.3 Å². The Balaban J connectivity index is 1.30. The topological polar surface area (TPSA) is 106 Å². The number of hydrogen-bond donors (Lipinski definition) is 2. The largest absolute Gasteiger partial charge is 0.358 e. The first kappa shape index (κ1) is 25.4. The smallest absolute Gasteiger partial charge is 0.264 e. The van der Waals surface area contributed by atoms with E-state index in [4.69, 9.17) is 0 Å². The minimum absolute atomic E-state index is 0.00592. The molecule has 9 nitrogen and oxygen atoms in total. The van der Waals surface area contributed by atoms with Crippen LogP contribution in [0.4, 0.5) is 11.4 Å². The monoisotopic (exact) mass is 545 g/mol. The van der Waals surface area contributed by atoms with Crippen molar-refractivity contribution in [2.45, 2.75) is 25.2 Å². The summed E-state index contributed by atoms with van der Waals surface area (Å²) < 4.78 is 28.4. The molecule has 10 heteroatoms. The number of nitrogens with zero attached hydrogens (tertiary/aromatic N) is 3. The Morgan fingerprint density at radius 2 is 1.74 bits per heavy atom. The molecule has 0 saturated carbocycles. The number of aryl methyl sites for hydroxylation is 1. The van der Waals surface area contributed by atoms with Crippen molar-refractivity contribution >= 4 is 44.9 Å². The number of aromatic amines is 1. The third-order valence-corrected chi connectivity index (χ3v) is 9.78. The molecule has 0 aliphatic carbocycles. The molecule has 2 amide bonds. The van der Waals surface area contributed by atoms with E-state index in [1.165, 1.54) is 10.4 Å². The molecule has 3 aromatic rings. The number of para-hydroxylation sites is 1. The highest BCUT2D eigenvalue weighted by Gasteiger charge is 2.33. The first-order valence-electron chi connectivity index (χ1n) is 13.1. The van der Waals surface area contributed by atoms with Gasteiger partial charge in [0.15, 0.2) is 0 Å². The molecular formula is C29H31N5O4S. The Morgan fingerprint density at radius 1 is 1.00 bits per heavy atom. The molecule has 3 aliphatic rings. The maximum atomic E-state index is 13.5. The average Bonchev–Trinajstić information content (AvgIpc) is 3.57. The molecule has 4 heterocycles.